The van der Waals surface area contributed by atoms with Crippen molar-refractivity contribution in [1.29, 1.82) is 0 Å². The minimum atomic E-state index is -0.303. The number of hydrogen-bond donors (Lipinski definition) is 0. The van der Waals surface area contributed by atoms with Crippen LogP contribution in [0.4, 0.5) is 0 Å². The molecule has 0 aromatic heterocycles. The van der Waals surface area contributed by atoms with Crippen molar-refractivity contribution in [2.75, 3.05) is 26.2 Å². The van der Waals surface area contributed by atoms with Gasteiger partial charge in [0.1, 0.15) is 6.61 Å². The molecule has 0 saturated carbocycles. The van der Waals surface area contributed by atoms with Crippen molar-refractivity contribution in [3.8, 4) is 11.5 Å². The molecule has 1 fully saturated rings. The standard InChI is InChI=1S/C23H26N2O4/c1-2-24(15-19-16-28-20-10-6-7-11-21(20)29-19)23(27)18-12-22(26)25(14-18)13-17-8-4-3-5-9-17/h3-11,18-19H,2,12-16H2,1H3. The molecule has 2 aliphatic heterocycles. The highest BCUT2D eigenvalue weighted by atomic mass is 16.6. The molecule has 2 aromatic carbocycles. The number of ether oxygens (including phenoxy) is 2. The van der Waals surface area contributed by atoms with E-state index in [0.717, 1.165) is 11.3 Å². The third-order valence-corrected chi connectivity index (χ3v) is 5.46. The number of amides is 2. The Kier molecular flexibility index (Phi) is 5.69. The van der Waals surface area contributed by atoms with Crippen molar-refractivity contribution in [3.05, 3.63) is 60.2 Å². The molecular formula is C23H26N2O4. The van der Waals surface area contributed by atoms with Crippen LogP contribution in [0.3, 0.4) is 0 Å². The molecule has 6 heteroatoms. The molecule has 2 aromatic rings. The van der Waals surface area contributed by atoms with E-state index < -0.39 is 0 Å². The van der Waals surface area contributed by atoms with Gasteiger partial charge >= 0.3 is 0 Å². The van der Waals surface area contributed by atoms with Crippen molar-refractivity contribution < 1.29 is 19.1 Å². The summed E-state index contributed by atoms with van der Waals surface area (Å²) in [7, 11) is 0. The van der Waals surface area contributed by atoms with E-state index in [-0.39, 0.29) is 30.3 Å². The minimum Gasteiger partial charge on any atom is -0.486 e. The van der Waals surface area contributed by atoms with Gasteiger partial charge in [-0.1, -0.05) is 42.5 Å². The molecular weight excluding hydrogens is 368 g/mol. The van der Waals surface area contributed by atoms with Gasteiger partial charge in [-0.2, -0.15) is 0 Å². The molecule has 4 rings (SSSR count). The van der Waals surface area contributed by atoms with E-state index in [1.807, 2.05) is 61.5 Å². The van der Waals surface area contributed by atoms with Gasteiger partial charge in [0.25, 0.3) is 0 Å². The number of likely N-dealkylation sites (tertiary alicyclic amines) is 1. The molecule has 2 heterocycles. The maximum atomic E-state index is 13.1. The summed E-state index contributed by atoms with van der Waals surface area (Å²) in [4.78, 5) is 29.1. The van der Waals surface area contributed by atoms with E-state index in [0.29, 0.717) is 38.5 Å². The number of fused-ring (bicyclic) bond motifs is 1. The molecule has 29 heavy (non-hydrogen) atoms. The summed E-state index contributed by atoms with van der Waals surface area (Å²) >= 11 is 0. The Morgan fingerprint density at radius 2 is 1.83 bits per heavy atom. The minimum absolute atomic E-state index is 0.0128. The Hall–Kier alpha value is -3.02. The highest BCUT2D eigenvalue weighted by molar-refractivity contribution is 5.89. The predicted molar refractivity (Wildman–Crippen MR) is 109 cm³/mol. The first-order valence-corrected chi connectivity index (χ1v) is 10.1. The van der Waals surface area contributed by atoms with Crippen LogP contribution in [0.1, 0.15) is 18.9 Å². The lowest BCUT2D eigenvalue weighted by Gasteiger charge is -2.32. The van der Waals surface area contributed by atoms with Crippen molar-refractivity contribution >= 4 is 11.8 Å². The first-order valence-electron chi connectivity index (χ1n) is 10.1. The Balaban J connectivity index is 1.36. The van der Waals surface area contributed by atoms with Gasteiger partial charge in [0, 0.05) is 26.1 Å². The van der Waals surface area contributed by atoms with Crippen LogP contribution in [0, 0.1) is 5.92 Å². The van der Waals surface area contributed by atoms with Crippen LogP contribution >= 0.6 is 0 Å². The van der Waals surface area contributed by atoms with Crippen LogP contribution in [0.15, 0.2) is 54.6 Å². The zero-order chi connectivity index (χ0) is 20.2. The van der Waals surface area contributed by atoms with Gasteiger partial charge in [-0.3, -0.25) is 9.59 Å². The van der Waals surface area contributed by atoms with Gasteiger partial charge in [0.05, 0.1) is 12.5 Å². The molecule has 6 nitrogen and oxygen atoms in total. The summed E-state index contributed by atoms with van der Waals surface area (Å²) in [5.74, 6) is 1.18. The van der Waals surface area contributed by atoms with Gasteiger partial charge < -0.3 is 19.3 Å². The van der Waals surface area contributed by atoms with Gasteiger partial charge in [-0.25, -0.2) is 0 Å². The lowest BCUT2D eigenvalue weighted by atomic mass is 10.1. The number of likely N-dealkylation sites (N-methyl/N-ethyl adjacent to an activating group) is 1. The quantitative estimate of drug-likeness (QED) is 0.756. The summed E-state index contributed by atoms with van der Waals surface area (Å²) in [6, 6.07) is 17.4. The third-order valence-electron chi connectivity index (χ3n) is 5.46. The molecule has 2 unspecified atom stereocenters. The second kappa shape index (κ2) is 8.55. The fourth-order valence-corrected chi connectivity index (χ4v) is 3.93. The predicted octanol–water partition coefficient (Wildman–Crippen LogP) is 2.72. The molecule has 2 atom stereocenters. The van der Waals surface area contributed by atoms with Gasteiger partial charge in [0.15, 0.2) is 17.6 Å². The normalized spacial score (nSPS) is 20.6. The number of rotatable bonds is 6. The van der Waals surface area contributed by atoms with Crippen LogP contribution in [-0.4, -0.2) is 54.0 Å². The lowest BCUT2D eigenvalue weighted by molar-refractivity contribution is -0.137. The maximum Gasteiger partial charge on any atom is 0.228 e. The molecule has 0 bridgehead atoms. The molecule has 0 aliphatic carbocycles. The van der Waals surface area contributed by atoms with E-state index in [9.17, 15) is 9.59 Å². The van der Waals surface area contributed by atoms with Crippen LogP contribution in [0.25, 0.3) is 0 Å². The van der Waals surface area contributed by atoms with Crippen LogP contribution in [0.2, 0.25) is 0 Å². The number of benzene rings is 2. The zero-order valence-electron chi connectivity index (χ0n) is 16.6. The summed E-state index contributed by atoms with van der Waals surface area (Å²) < 4.78 is 11.8. The summed E-state index contributed by atoms with van der Waals surface area (Å²) in [6.45, 7) is 4.40. The first-order chi connectivity index (χ1) is 14.1. The number of nitrogens with zero attached hydrogens (tertiary/aromatic N) is 2. The Bertz CT molecular complexity index is 870. The molecule has 0 radical (unpaired) electrons. The van der Waals surface area contributed by atoms with Crippen molar-refractivity contribution in [3.63, 3.8) is 0 Å². The topological polar surface area (TPSA) is 59.1 Å². The number of para-hydroxylation sites is 2. The van der Waals surface area contributed by atoms with Crippen LogP contribution in [-0.2, 0) is 16.1 Å². The van der Waals surface area contributed by atoms with Gasteiger partial charge in [-0.15, -0.1) is 0 Å². The summed E-state index contributed by atoms with van der Waals surface area (Å²) in [6.07, 6.45) is 0.0545. The smallest absolute Gasteiger partial charge is 0.228 e. The lowest BCUT2D eigenvalue weighted by Crippen LogP contribution is -2.46. The third kappa shape index (κ3) is 4.36. The molecule has 2 amide bonds. The molecule has 1 saturated heterocycles. The average molecular weight is 394 g/mol. The molecule has 0 N–H and O–H groups in total. The fraction of sp³-hybridized carbons (Fsp3) is 0.391. The Morgan fingerprint density at radius 1 is 1.10 bits per heavy atom. The van der Waals surface area contributed by atoms with Crippen LogP contribution in [0.5, 0.6) is 11.5 Å². The van der Waals surface area contributed by atoms with E-state index in [1.165, 1.54) is 0 Å². The number of hydrogen-bond acceptors (Lipinski definition) is 4. The largest absolute Gasteiger partial charge is 0.486 e. The molecule has 0 spiro atoms. The highest BCUT2D eigenvalue weighted by Crippen LogP contribution is 2.31. The SMILES string of the molecule is CCN(CC1COc2ccccc2O1)C(=O)C1CC(=O)N(Cc2ccccc2)C1. The van der Waals surface area contributed by atoms with Crippen molar-refractivity contribution in [1.82, 2.24) is 9.80 Å². The second-order valence-electron chi connectivity index (χ2n) is 7.54. The van der Waals surface area contributed by atoms with Gasteiger partial charge in [0.2, 0.25) is 11.8 Å². The summed E-state index contributed by atoms with van der Waals surface area (Å²) in [5.41, 5.74) is 1.08. The highest BCUT2D eigenvalue weighted by Gasteiger charge is 2.37. The second-order valence-corrected chi connectivity index (χ2v) is 7.54. The summed E-state index contributed by atoms with van der Waals surface area (Å²) in [5, 5.41) is 0. The maximum absolute atomic E-state index is 13.1. The Morgan fingerprint density at radius 3 is 2.59 bits per heavy atom. The van der Waals surface area contributed by atoms with E-state index in [4.69, 9.17) is 9.47 Å². The zero-order valence-corrected chi connectivity index (χ0v) is 16.6. The van der Waals surface area contributed by atoms with Crippen molar-refractivity contribution in [2.24, 2.45) is 5.92 Å². The Labute approximate surface area is 171 Å². The van der Waals surface area contributed by atoms with E-state index in [2.05, 4.69) is 0 Å². The van der Waals surface area contributed by atoms with E-state index >= 15 is 0 Å². The van der Waals surface area contributed by atoms with Crippen molar-refractivity contribution in [2.45, 2.75) is 26.0 Å². The average Bonchev–Trinajstić information content (AvgIpc) is 3.12. The number of carbonyl (C=O) groups is 2. The number of carbonyl (C=O) groups excluding carboxylic acids is 2. The fourth-order valence-electron chi connectivity index (χ4n) is 3.93. The molecule has 152 valence electrons. The monoisotopic (exact) mass is 394 g/mol. The van der Waals surface area contributed by atoms with E-state index in [1.54, 1.807) is 9.80 Å². The first kappa shape index (κ1) is 19.3. The molecule has 2 aliphatic rings. The van der Waals surface area contributed by atoms with Crippen LogP contribution < -0.4 is 9.47 Å². The van der Waals surface area contributed by atoms with Gasteiger partial charge in [-0.05, 0) is 24.6 Å².